The molecular formula is C26H25ClN6O4. The maximum Gasteiger partial charge on any atom is 0.261 e. The van der Waals surface area contributed by atoms with E-state index in [0.29, 0.717) is 66.4 Å². The van der Waals surface area contributed by atoms with Crippen LogP contribution in [-0.2, 0) is 27.4 Å². The average Bonchev–Trinajstić information content (AvgIpc) is 2.88. The van der Waals surface area contributed by atoms with Crippen LogP contribution in [0, 0.1) is 17.2 Å². The highest BCUT2D eigenvalue weighted by Gasteiger charge is 2.32. The first kappa shape index (κ1) is 24.7. The standard InChI is InChI=1S/C26H25ClN6O4/c27-22-9-17(11-28)1-2-18(22)12-29-24(34)13-33-16-30-23-4-3-20(10-21(23)26(33)36)31-5-7-32(8-6-31)25(35)19-14-37-15-19/h1-4,9-10,16,19H,5-8,12-15H2,(H,29,34). The van der Waals surface area contributed by atoms with Crippen LogP contribution in [0.15, 0.2) is 47.5 Å². The summed E-state index contributed by atoms with van der Waals surface area (Å²) in [5, 5.41) is 12.5. The lowest BCUT2D eigenvalue weighted by atomic mass is 10.1. The van der Waals surface area contributed by atoms with Crippen molar-refractivity contribution in [1.29, 1.82) is 5.26 Å². The quantitative estimate of drug-likeness (QED) is 0.523. The number of hydrogen-bond donors (Lipinski definition) is 1. The molecule has 0 radical (unpaired) electrons. The number of ether oxygens (including phenoxy) is 1. The number of nitriles is 1. The van der Waals surface area contributed by atoms with Gasteiger partial charge in [-0.2, -0.15) is 5.26 Å². The fourth-order valence-corrected chi connectivity index (χ4v) is 4.69. The molecule has 11 heteroatoms. The number of nitrogens with zero attached hydrogens (tertiary/aromatic N) is 5. The third-order valence-corrected chi connectivity index (χ3v) is 7.08. The van der Waals surface area contributed by atoms with E-state index in [1.165, 1.54) is 10.9 Å². The summed E-state index contributed by atoms with van der Waals surface area (Å²) >= 11 is 6.17. The van der Waals surface area contributed by atoms with Crippen molar-refractivity contribution < 1.29 is 14.3 Å². The molecule has 1 N–H and O–H groups in total. The van der Waals surface area contributed by atoms with Crippen molar-refractivity contribution in [2.75, 3.05) is 44.3 Å². The zero-order valence-corrected chi connectivity index (χ0v) is 20.8. The van der Waals surface area contributed by atoms with Crippen LogP contribution in [0.4, 0.5) is 5.69 Å². The van der Waals surface area contributed by atoms with Crippen molar-refractivity contribution in [3.63, 3.8) is 0 Å². The number of benzene rings is 2. The zero-order valence-electron chi connectivity index (χ0n) is 20.0. The first-order valence-electron chi connectivity index (χ1n) is 12.0. The van der Waals surface area contributed by atoms with Gasteiger partial charge in [-0.15, -0.1) is 0 Å². The molecule has 1 aromatic heterocycles. The molecule has 3 heterocycles. The molecule has 2 fully saturated rings. The summed E-state index contributed by atoms with van der Waals surface area (Å²) in [5.41, 5.74) is 2.23. The molecule has 3 aromatic rings. The van der Waals surface area contributed by atoms with Crippen molar-refractivity contribution in [2.45, 2.75) is 13.1 Å². The Morgan fingerprint density at radius 2 is 1.92 bits per heavy atom. The van der Waals surface area contributed by atoms with Gasteiger partial charge in [0, 0.05) is 43.4 Å². The van der Waals surface area contributed by atoms with Crippen LogP contribution in [0.25, 0.3) is 10.9 Å². The fourth-order valence-electron chi connectivity index (χ4n) is 4.44. The van der Waals surface area contributed by atoms with Gasteiger partial charge < -0.3 is 19.9 Å². The number of carbonyl (C=O) groups excluding carboxylic acids is 2. The number of anilines is 1. The van der Waals surface area contributed by atoms with E-state index < -0.39 is 0 Å². The van der Waals surface area contributed by atoms with E-state index in [1.807, 2.05) is 17.0 Å². The lowest BCUT2D eigenvalue weighted by molar-refractivity contribution is -0.150. The van der Waals surface area contributed by atoms with E-state index in [2.05, 4.69) is 15.2 Å². The molecule has 2 aliphatic heterocycles. The van der Waals surface area contributed by atoms with Crippen LogP contribution < -0.4 is 15.8 Å². The third-order valence-electron chi connectivity index (χ3n) is 6.72. The molecule has 0 saturated carbocycles. The van der Waals surface area contributed by atoms with Gasteiger partial charge in [0.2, 0.25) is 11.8 Å². The lowest BCUT2D eigenvalue weighted by Gasteiger charge is -2.39. The minimum absolute atomic E-state index is 0.0185. The Morgan fingerprint density at radius 1 is 1.14 bits per heavy atom. The molecular weight excluding hydrogens is 496 g/mol. The molecule has 5 rings (SSSR count). The molecule has 0 atom stereocenters. The molecule has 2 aliphatic rings. The monoisotopic (exact) mass is 520 g/mol. The molecule has 0 spiro atoms. The molecule has 2 aromatic carbocycles. The van der Waals surface area contributed by atoms with Gasteiger partial charge in [0.1, 0.15) is 6.54 Å². The average molecular weight is 521 g/mol. The van der Waals surface area contributed by atoms with Crippen LogP contribution in [0.2, 0.25) is 5.02 Å². The zero-order chi connectivity index (χ0) is 25.9. The first-order chi connectivity index (χ1) is 17.9. The van der Waals surface area contributed by atoms with E-state index in [0.717, 1.165) is 5.69 Å². The number of halogens is 1. The molecule has 2 saturated heterocycles. The van der Waals surface area contributed by atoms with Gasteiger partial charge in [-0.1, -0.05) is 17.7 Å². The number of piperazine rings is 1. The van der Waals surface area contributed by atoms with Gasteiger partial charge in [0.25, 0.3) is 5.56 Å². The van der Waals surface area contributed by atoms with Crippen LogP contribution in [0.5, 0.6) is 0 Å². The summed E-state index contributed by atoms with van der Waals surface area (Å²) in [4.78, 5) is 46.5. The summed E-state index contributed by atoms with van der Waals surface area (Å²) in [7, 11) is 0. The minimum Gasteiger partial charge on any atom is -0.380 e. The highest BCUT2D eigenvalue weighted by atomic mass is 35.5. The molecule has 190 valence electrons. The molecule has 2 amide bonds. The predicted octanol–water partition coefficient (Wildman–Crippen LogP) is 1.53. The van der Waals surface area contributed by atoms with Crippen molar-refractivity contribution in [3.8, 4) is 6.07 Å². The van der Waals surface area contributed by atoms with Crippen molar-refractivity contribution in [1.82, 2.24) is 19.8 Å². The van der Waals surface area contributed by atoms with Crippen LogP contribution in [-0.4, -0.2) is 65.7 Å². The lowest BCUT2D eigenvalue weighted by Crippen LogP contribution is -2.53. The molecule has 10 nitrogen and oxygen atoms in total. The predicted molar refractivity (Wildman–Crippen MR) is 137 cm³/mol. The van der Waals surface area contributed by atoms with Gasteiger partial charge in [-0.05, 0) is 35.9 Å². The molecule has 0 bridgehead atoms. The van der Waals surface area contributed by atoms with E-state index in [-0.39, 0.29) is 36.4 Å². The Morgan fingerprint density at radius 3 is 2.59 bits per heavy atom. The largest absolute Gasteiger partial charge is 0.380 e. The Balaban J connectivity index is 1.24. The van der Waals surface area contributed by atoms with Crippen LogP contribution >= 0.6 is 11.6 Å². The summed E-state index contributed by atoms with van der Waals surface area (Å²) < 4.78 is 6.41. The van der Waals surface area contributed by atoms with E-state index in [1.54, 1.807) is 30.3 Å². The number of hydrogen-bond acceptors (Lipinski definition) is 7. The highest BCUT2D eigenvalue weighted by Crippen LogP contribution is 2.22. The smallest absolute Gasteiger partial charge is 0.261 e. The van der Waals surface area contributed by atoms with Gasteiger partial charge in [0.05, 0.1) is 48.0 Å². The van der Waals surface area contributed by atoms with Crippen molar-refractivity contribution in [2.24, 2.45) is 5.92 Å². The Bertz CT molecular complexity index is 1450. The van der Waals surface area contributed by atoms with E-state index >= 15 is 0 Å². The molecule has 37 heavy (non-hydrogen) atoms. The van der Waals surface area contributed by atoms with Gasteiger partial charge in [-0.3, -0.25) is 19.0 Å². The Labute approximate surface area is 218 Å². The number of aromatic nitrogens is 2. The van der Waals surface area contributed by atoms with Crippen LogP contribution in [0.3, 0.4) is 0 Å². The maximum absolute atomic E-state index is 13.2. The summed E-state index contributed by atoms with van der Waals surface area (Å²) in [6.45, 7) is 3.56. The summed E-state index contributed by atoms with van der Waals surface area (Å²) in [5.74, 6) is -0.233. The molecule has 0 aliphatic carbocycles. The second-order valence-corrected chi connectivity index (χ2v) is 9.53. The number of rotatable bonds is 6. The third kappa shape index (κ3) is 5.28. The summed E-state index contributed by atoms with van der Waals surface area (Å²) in [6, 6.07) is 12.4. The second kappa shape index (κ2) is 10.6. The highest BCUT2D eigenvalue weighted by molar-refractivity contribution is 6.31. The number of nitrogens with one attached hydrogen (secondary N) is 1. The summed E-state index contributed by atoms with van der Waals surface area (Å²) in [6.07, 6.45) is 1.37. The second-order valence-electron chi connectivity index (χ2n) is 9.12. The number of fused-ring (bicyclic) bond motifs is 1. The minimum atomic E-state index is -0.363. The fraction of sp³-hybridized carbons (Fsp3) is 0.346. The van der Waals surface area contributed by atoms with Gasteiger partial charge in [0.15, 0.2) is 0 Å². The Kier molecular flexibility index (Phi) is 7.08. The number of carbonyl (C=O) groups is 2. The van der Waals surface area contributed by atoms with E-state index in [4.69, 9.17) is 21.6 Å². The van der Waals surface area contributed by atoms with Crippen LogP contribution in [0.1, 0.15) is 11.1 Å². The van der Waals surface area contributed by atoms with Gasteiger partial charge >= 0.3 is 0 Å². The maximum atomic E-state index is 13.2. The first-order valence-corrected chi connectivity index (χ1v) is 12.4. The van der Waals surface area contributed by atoms with Gasteiger partial charge in [-0.25, -0.2) is 4.98 Å². The van der Waals surface area contributed by atoms with E-state index in [9.17, 15) is 14.4 Å². The van der Waals surface area contributed by atoms with Crippen molar-refractivity contribution in [3.05, 3.63) is 69.2 Å². The topological polar surface area (TPSA) is 121 Å². The SMILES string of the molecule is N#Cc1ccc(CNC(=O)Cn2cnc3ccc(N4CCN(C(=O)C5COC5)CC4)cc3c2=O)c(Cl)c1. The number of amides is 2. The normalized spacial score (nSPS) is 15.8. The van der Waals surface area contributed by atoms with Crippen molar-refractivity contribution >= 4 is 40.0 Å². The Hall–Kier alpha value is -3.94. The molecule has 0 unspecified atom stereocenters.